The molecule has 1 rings (SSSR count). The zero-order chi connectivity index (χ0) is 16.8. The summed E-state index contributed by atoms with van der Waals surface area (Å²) in [7, 11) is 3.50. The molecule has 6 heteroatoms. The number of aliphatic imine (C=N–C) groups is 1. The lowest BCUT2D eigenvalue weighted by molar-refractivity contribution is 0.143. The third-order valence-corrected chi connectivity index (χ3v) is 3.50. The standard InChI is InChI=1S/C18H31N3O2.HI/c1-4-23-14-6-5-12-20-18(19-2)21-13-8-10-16-9-7-11-17(15-16)22-3;/h7,9,11,15H,4-6,8,10,12-14H2,1-3H3,(H2,19,20,21);1H. The summed E-state index contributed by atoms with van der Waals surface area (Å²) in [6, 6.07) is 8.23. The zero-order valence-corrected chi connectivity index (χ0v) is 17.5. The maximum Gasteiger partial charge on any atom is 0.190 e. The van der Waals surface area contributed by atoms with E-state index in [-0.39, 0.29) is 24.0 Å². The number of ether oxygens (including phenoxy) is 2. The minimum absolute atomic E-state index is 0. The number of methoxy groups -OCH3 is 1. The molecular formula is C18H32IN3O2. The molecule has 0 amide bonds. The topological polar surface area (TPSA) is 54.9 Å². The maximum absolute atomic E-state index is 5.32. The van der Waals surface area contributed by atoms with Crippen molar-refractivity contribution >= 4 is 29.9 Å². The predicted molar refractivity (Wildman–Crippen MR) is 112 cm³/mol. The summed E-state index contributed by atoms with van der Waals surface area (Å²) < 4.78 is 10.6. The largest absolute Gasteiger partial charge is 0.497 e. The van der Waals surface area contributed by atoms with Crippen molar-refractivity contribution in [2.75, 3.05) is 40.5 Å². The number of benzene rings is 1. The normalized spacial score (nSPS) is 10.9. The van der Waals surface area contributed by atoms with Gasteiger partial charge in [0.25, 0.3) is 0 Å². The van der Waals surface area contributed by atoms with Gasteiger partial charge in [0.2, 0.25) is 0 Å². The molecule has 138 valence electrons. The third kappa shape index (κ3) is 10.7. The van der Waals surface area contributed by atoms with Gasteiger partial charge in [0.1, 0.15) is 5.75 Å². The Hall–Kier alpha value is -1.02. The Morgan fingerprint density at radius 2 is 1.88 bits per heavy atom. The van der Waals surface area contributed by atoms with E-state index in [1.165, 1.54) is 5.56 Å². The zero-order valence-electron chi connectivity index (χ0n) is 15.1. The Balaban J connectivity index is 0.00000529. The number of hydrogen-bond donors (Lipinski definition) is 2. The van der Waals surface area contributed by atoms with Crippen molar-refractivity contribution in [3.63, 3.8) is 0 Å². The van der Waals surface area contributed by atoms with Crippen LogP contribution in [0.1, 0.15) is 31.7 Å². The Labute approximate surface area is 163 Å². The molecule has 2 N–H and O–H groups in total. The Morgan fingerprint density at radius 1 is 1.12 bits per heavy atom. The number of nitrogens with one attached hydrogen (secondary N) is 2. The van der Waals surface area contributed by atoms with Gasteiger partial charge in [-0.05, 0) is 50.3 Å². The van der Waals surface area contributed by atoms with E-state index >= 15 is 0 Å². The van der Waals surface area contributed by atoms with Gasteiger partial charge < -0.3 is 20.1 Å². The van der Waals surface area contributed by atoms with Crippen LogP contribution in [0.5, 0.6) is 5.75 Å². The minimum atomic E-state index is 0. The van der Waals surface area contributed by atoms with Gasteiger partial charge in [-0.25, -0.2) is 0 Å². The molecule has 0 atom stereocenters. The van der Waals surface area contributed by atoms with Crippen LogP contribution in [0.3, 0.4) is 0 Å². The number of halogens is 1. The highest BCUT2D eigenvalue weighted by molar-refractivity contribution is 14.0. The molecule has 0 radical (unpaired) electrons. The highest BCUT2D eigenvalue weighted by Gasteiger charge is 1.99. The van der Waals surface area contributed by atoms with E-state index in [4.69, 9.17) is 9.47 Å². The second-order valence-corrected chi connectivity index (χ2v) is 5.28. The number of aryl methyl sites for hydroxylation is 1. The van der Waals surface area contributed by atoms with Crippen molar-refractivity contribution in [1.29, 1.82) is 0 Å². The number of unbranched alkanes of at least 4 members (excludes halogenated alkanes) is 1. The number of nitrogens with zero attached hydrogens (tertiary/aromatic N) is 1. The first kappa shape index (κ1) is 23.0. The van der Waals surface area contributed by atoms with Gasteiger partial charge >= 0.3 is 0 Å². The fourth-order valence-electron chi connectivity index (χ4n) is 2.23. The Morgan fingerprint density at radius 3 is 2.54 bits per heavy atom. The van der Waals surface area contributed by atoms with Crippen molar-refractivity contribution in [3.8, 4) is 5.75 Å². The molecule has 24 heavy (non-hydrogen) atoms. The van der Waals surface area contributed by atoms with E-state index in [0.29, 0.717) is 0 Å². The molecule has 0 bridgehead atoms. The molecule has 1 aromatic rings. The predicted octanol–water partition coefficient (Wildman–Crippen LogP) is 3.23. The quantitative estimate of drug-likeness (QED) is 0.236. The molecular weight excluding hydrogens is 417 g/mol. The van der Waals surface area contributed by atoms with E-state index < -0.39 is 0 Å². The van der Waals surface area contributed by atoms with Crippen LogP contribution in [-0.2, 0) is 11.2 Å². The highest BCUT2D eigenvalue weighted by atomic mass is 127. The fourth-order valence-corrected chi connectivity index (χ4v) is 2.23. The molecule has 1 aromatic carbocycles. The molecule has 0 spiro atoms. The molecule has 0 saturated heterocycles. The summed E-state index contributed by atoms with van der Waals surface area (Å²) >= 11 is 0. The lowest BCUT2D eigenvalue weighted by Gasteiger charge is -2.12. The van der Waals surface area contributed by atoms with Gasteiger partial charge in [0.15, 0.2) is 5.96 Å². The molecule has 0 aliphatic rings. The van der Waals surface area contributed by atoms with Crippen LogP contribution in [0.4, 0.5) is 0 Å². The van der Waals surface area contributed by atoms with Gasteiger partial charge in [-0.2, -0.15) is 0 Å². The number of hydrogen-bond acceptors (Lipinski definition) is 3. The van der Waals surface area contributed by atoms with Crippen LogP contribution in [0.15, 0.2) is 29.3 Å². The van der Waals surface area contributed by atoms with E-state index in [1.807, 2.05) is 19.1 Å². The smallest absolute Gasteiger partial charge is 0.190 e. The van der Waals surface area contributed by atoms with Gasteiger partial charge in [-0.3, -0.25) is 4.99 Å². The monoisotopic (exact) mass is 449 g/mol. The van der Waals surface area contributed by atoms with E-state index in [1.54, 1.807) is 14.2 Å². The lowest BCUT2D eigenvalue weighted by Crippen LogP contribution is -2.38. The van der Waals surface area contributed by atoms with Crippen molar-refractivity contribution in [1.82, 2.24) is 10.6 Å². The van der Waals surface area contributed by atoms with Crippen LogP contribution >= 0.6 is 24.0 Å². The fraction of sp³-hybridized carbons (Fsp3) is 0.611. The Kier molecular flexibility index (Phi) is 14.8. The summed E-state index contributed by atoms with van der Waals surface area (Å²) in [6.07, 6.45) is 4.24. The van der Waals surface area contributed by atoms with Crippen LogP contribution in [0.25, 0.3) is 0 Å². The second kappa shape index (κ2) is 15.5. The van der Waals surface area contributed by atoms with Gasteiger partial charge in [-0.15, -0.1) is 24.0 Å². The summed E-state index contributed by atoms with van der Waals surface area (Å²) in [6.45, 7) is 5.47. The first-order valence-corrected chi connectivity index (χ1v) is 8.45. The summed E-state index contributed by atoms with van der Waals surface area (Å²) in [5, 5.41) is 6.67. The minimum Gasteiger partial charge on any atom is -0.497 e. The average Bonchev–Trinajstić information content (AvgIpc) is 2.59. The number of rotatable bonds is 11. The molecule has 0 saturated carbocycles. The van der Waals surface area contributed by atoms with Crippen LogP contribution in [-0.4, -0.2) is 46.4 Å². The molecule has 0 aliphatic carbocycles. The van der Waals surface area contributed by atoms with Gasteiger partial charge in [0, 0.05) is 33.4 Å². The second-order valence-electron chi connectivity index (χ2n) is 5.28. The SMILES string of the molecule is CCOCCCCNC(=NC)NCCCc1cccc(OC)c1.I. The highest BCUT2D eigenvalue weighted by Crippen LogP contribution is 2.13. The van der Waals surface area contributed by atoms with E-state index in [0.717, 1.165) is 63.7 Å². The molecule has 0 heterocycles. The first-order chi connectivity index (χ1) is 11.3. The summed E-state index contributed by atoms with van der Waals surface area (Å²) in [4.78, 5) is 4.24. The first-order valence-electron chi connectivity index (χ1n) is 8.45. The summed E-state index contributed by atoms with van der Waals surface area (Å²) in [5.41, 5.74) is 1.30. The van der Waals surface area contributed by atoms with Crippen molar-refractivity contribution < 1.29 is 9.47 Å². The van der Waals surface area contributed by atoms with Crippen molar-refractivity contribution in [2.45, 2.75) is 32.6 Å². The third-order valence-electron chi connectivity index (χ3n) is 3.50. The van der Waals surface area contributed by atoms with Crippen LogP contribution < -0.4 is 15.4 Å². The average molecular weight is 449 g/mol. The number of guanidine groups is 1. The molecule has 0 aromatic heterocycles. The van der Waals surface area contributed by atoms with Crippen LogP contribution in [0.2, 0.25) is 0 Å². The molecule has 0 aliphatic heterocycles. The molecule has 5 nitrogen and oxygen atoms in total. The van der Waals surface area contributed by atoms with Gasteiger partial charge in [0.05, 0.1) is 7.11 Å². The lowest BCUT2D eigenvalue weighted by atomic mass is 10.1. The summed E-state index contributed by atoms with van der Waals surface area (Å²) in [5.74, 6) is 1.78. The van der Waals surface area contributed by atoms with E-state index in [9.17, 15) is 0 Å². The van der Waals surface area contributed by atoms with Crippen LogP contribution in [0, 0.1) is 0 Å². The molecule has 0 fully saturated rings. The van der Waals surface area contributed by atoms with Crippen molar-refractivity contribution in [2.24, 2.45) is 4.99 Å². The molecule has 0 unspecified atom stereocenters. The Bertz CT molecular complexity index is 456. The van der Waals surface area contributed by atoms with E-state index in [2.05, 4.69) is 27.8 Å². The van der Waals surface area contributed by atoms with Crippen molar-refractivity contribution in [3.05, 3.63) is 29.8 Å². The maximum atomic E-state index is 5.32. The van der Waals surface area contributed by atoms with Gasteiger partial charge in [-0.1, -0.05) is 12.1 Å².